The van der Waals surface area contributed by atoms with Crippen molar-refractivity contribution in [2.75, 3.05) is 4.81 Å². The predicted octanol–water partition coefficient (Wildman–Crippen LogP) is 10.9. The molecule has 0 fully saturated rings. The Kier molecular flexibility index (Phi) is 5.78. The molecule has 1 aliphatic heterocycles. The van der Waals surface area contributed by atoms with Crippen LogP contribution in [0.25, 0.3) is 75.0 Å². The van der Waals surface area contributed by atoms with E-state index >= 15 is 0 Å². The molecule has 51 heavy (non-hydrogen) atoms. The van der Waals surface area contributed by atoms with E-state index in [4.69, 9.17) is 12.7 Å². The fourth-order valence-corrected chi connectivity index (χ4v) is 9.52. The molecular weight excluding hydrogens is 637 g/mol. The Balaban J connectivity index is 1.36. The van der Waals surface area contributed by atoms with Gasteiger partial charge in [-0.15, -0.1) is 11.3 Å². The van der Waals surface area contributed by atoms with Crippen LogP contribution in [0.5, 0.6) is 0 Å². The standard InChI is InChI=1S/C46H28BN3S/c1-3-16-30(17-4-1)43-35-23-11-13-25-38(35)48-46(49-43)50-44-40(33-21-9-10-22-34(33)41-36-24-12-14-26-39(36)51-45(41)44)37-28-27-29-15-7-8-20-32(29)42(37)47(50)31-18-5-2-6-19-31/h1-28H/i1D,2D. The lowest BCUT2D eigenvalue weighted by Crippen LogP contribution is -2.58. The summed E-state index contributed by atoms with van der Waals surface area (Å²) in [5, 5.41) is 8.19. The SMILES string of the molecule is [2H]c1ccc(B2c3c(ccc4ccccc34)-c3c(c4sc5ccccc5c4c4ccccc34)N2c2nc(-c3ccc([2H])cc3)c3ccccc3n2)cc1. The number of hydrogen-bond acceptors (Lipinski definition) is 4. The topological polar surface area (TPSA) is 29.0 Å². The number of benzene rings is 8. The number of aromatic nitrogens is 2. The second-order valence-corrected chi connectivity index (χ2v) is 14.2. The van der Waals surface area contributed by atoms with Crippen molar-refractivity contribution in [1.82, 2.24) is 9.97 Å². The Bertz CT molecular complexity index is 3110. The summed E-state index contributed by atoms with van der Waals surface area (Å²) in [4.78, 5) is 13.4. The second-order valence-electron chi connectivity index (χ2n) is 13.1. The lowest BCUT2D eigenvalue weighted by Gasteiger charge is -2.39. The number of anilines is 2. The normalized spacial score (nSPS) is 13.2. The van der Waals surface area contributed by atoms with Crippen molar-refractivity contribution in [3.05, 3.63) is 170 Å². The van der Waals surface area contributed by atoms with Gasteiger partial charge in [0.1, 0.15) is 0 Å². The number of rotatable bonds is 3. The summed E-state index contributed by atoms with van der Waals surface area (Å²) in [5.74, 6) is 0.600. The maximum Gasteiger partial charge on any atom is 0.332 e. The highest BCUT2D eigenvalue weighted by Crippen LogP contribution is 2.53. The lowest BCUT2D eigenvalue weighted by atomic mass is 9.45. The van der Waals surface area contributed by atoms with Crippen LogP contribution in [0, 0.1) is 0 Å². The van der Waals surface area contributed by atoms with Crippen molar-refractivity contribution >= 4 is 93.4 Å². The van der Waals surface area contributed by atoms with E-state index in [1.54, 1.807) is 0 Å². The molecule has 0 saturated carbocycles. The van der Waals surface area contributed by atoms with Crippen LogP contribution >= 0.6 is 11.3 Å². The van der Waals surface area contributed by atoms with Crippen molar-refractivity contribution in [3.63, 3.8) is 0 Å². The molecule has 0 atom stereocenters. The van der Waals surface area contributed by atoms with Crippen molar-refractivity contribution in [2.45, 2.75) is 0 Å². The van der Waals surface area contributed by atoms with E-state index in [1.807, 2.05) is 59.9 Å². The molecule has 236 valence electrons. The Morgan fingerprint density at radius 1 is 0.569 bits per heavy atom. The highest BCUT2D eigenvalue weighted by molar-refractivity contribution is 7.26. The van der Waals surface area contributed by atoms with Gasteiger partial charge in [-0.3, -0.25) is 0 Å². The third-order valence-corrected chi connectivity index (χ3v) is 11.6. The summed E-state index contributed by atoms with van der Waals surface area (Å²) in [6.45, 7) is -0.316. The minimum absolute atomic E-state index is 0.316. The van der Waals surface area contributed by atoms with E-state index in [-0.39, 0.29) is 6.85 Å². The fourth-order valence-electron chi connectivity index (χ4n) is 8.26. The maximum atomic E-state index is 8.45. The van der Waals surface area contributed by atoms with Gasteiger partial charge < -0.3 is 4.81 Å². The summed E-state index contributed by atoms with van der Waals surface area (Å²) < 4.78 is 19.1. The number of hydrogen-bond donors (Lipinski definition) is 0. The summed E-state index contributed by atoms with van der Waals surface area (Å²) >= 11 is 1.83. The Morgan fingerprint density at radius 2 is 1.24 bits per heavy atom. The van der Waals surface area contributed by atoms with E-state index in [1.165, 1.54) is 58.3 Å². The Labute approximate surface area is 302 Å². The molecule has 3 nitrogen and oxygen atoms in total. The van der Waals surface area contributed by atoms with Gasteiger partial charge in [-0.05, 0) is 44.7 Å². The average Bonchev–Trinajstić information content (AvgIpc) is 3.60. The number of fused-ring (bicyclic) bond motifs is 13. The Hall–Kier alpha value is -6.30. The summed E-state index contributed by atoms with van der Waals surface area (Å²) in [6.07, 6.45) is 0. The molecule has 2 aromatic heterocycles. The summed E-state index contributed by atoms with van der Waals surface area (Å²) in [7, 11) is 0. The molecule has 11 rings (SSSR count). The van der Waals surface area contributed by atoms with Gasteiger partial charge in [0.25, 0.3) is 0 Å². The third-order valence-electron chi connectivity index (χ3n) is 10.4. The first-order chi connectivity index (χ1) is 26.1. The zero-order valence-electron chi connectivity index (χ0n) is 29.3. The molecule has 0 spiro atoms. The van der Waals surface area contributed by atoms with Crippen LogP contribution in [-0.2, 0) is 0 Å². The van der Waals surface area contributed by atoms with Gasteiger partial charge in [0, 0.05) is 32.0 Å². The molecule has 0 aliphatic carbocycles. The molecular formula is C46H28BN3S. The van der Waals surface area contributed by atoms with Gasteiger partial charge in [-0.25, -0.2) is 9.97 Å². The average molecular weight is 668 g/mol. The molecule has 0 N–H and O–H groups in total. The monoisotopic (exact) mass is 667 g/mol. The van der Waals surface area contributed by atoms with Crippen LogP contribution in [0.4, 0.5) is 11.6 Å². The Morgan fingerprint density at radius 3 is 2.06 bits per heavy atom. The number of thiophene rings is 1. The first-order valence-corrected chi connectivity index (χ1v) is 18.0. The van der Waals surface area contributed by atoms with Crippen molar-refractivity contribution in [3.8, 4) is 22.4 Å². The molecule has 0 saturated heterocycles. The van der Waals surface area contributed by atoms with Crippen molar-refractivity contribution in [2.24, 2.45) is 0 Å². The van der Waals surface area contributed by atoms with Gasteiger partial charge in [-0.2, -0.15) is 0 Å². The minimum atomic E-state index is -0.316. The molecule has 10 aromatic rings. The van der Waals surface area contributed by atoms with Crippen LogP contribution in [0.15, 0.2) is 170 Å². The molecule has 8 aromatic carbocycles. The minimum Gasteiger partial charge on any atom is -0.344 e. The van der Waals surface area contributed by atoms with Crippen molar-refractivity contribution in [1.29, 1.82) is 0 Å². The molecule has 0 radical (unpaired) electrons. The van der Waals surface area contributed by atoms with Crippen molar-refractivity contribution < 1.29 is 2.74 Å². The highest BCUT2D eigenvalue weighted by Gasteiger charge is 2.42. The summed E-state index contributed by atoms with van der Waals surface area (Å²) in [5.41, 5.74) is 8.31. The first-order valence-electron chi connectivity index (χ1n) is 18.2. The molecule has 0 amide bonds. The number of para-hydroxylation sites is 1. The third kappa shape index (κ3) is 4.19. The van der Waals surface area contributed by atoms with Crippen LogP contribution < -0.4 is 15.7 Å². The largest absolute Gasteiger partial charge is 0.344 e. The van der Waals surface area contributed by atoms with Gasteiger partial charge in [0.2, 0.25) is 5.95 Å². The van der Waals surface area contributed by atoms with Crippen LogP contribution in [-0.4, -0.2) is 16.8 Å². The molecule has 5 heteroatoms. The molecule has 1 aliphatic rings. The smallest absolute Gasteiger partial charge is 0.332 e. The fraction of sp³-hybridized carbons (Fsp3) is 0. The van der Waals surface area contributed by atoms with Crippen LogP contribution in [0.3, 0.4) is 0 Å². The van der Waals surface area contributed by atoms with Crippen LogP contribution in [0.1, 0.15) is 2.74 Å². The second kappa shape index (κ2) is 11.1. The maximum absolute atomic E-state index is 8.45. The molecule has 0 bridgehead atoms. The van der Waals surface area contributed by atoms with Gasteiger partial charge >= 0.3 is 6.85 Å². The van der Waals surface area contributed by atoms with Gasteiger partial charge in [0.15, 0.2) is 0 Å². The van der Waals surface area contributed by atoms with E-state index < -0.39 is 0 Å². The lowest BCUT2D eigenvalue weighted by molar-refractivity contribution is 1.16. The zero-order chi connectivity index (χ0) is 35.2. The summed E-state index contributed by atoms with van der Waals surface area (Å²) in [6, 6.07) is 55.5. The molecule has 0 unspecified atom stereocenters. The predicted molar refractivity (Wildman–Crippen MR) is 218 cm³/mol. The van der Waals surface area contributed by atoms with Gasteiger partial charge in [-0.1, -0.05) is 163 Å². The quantitative estimate of drug-likeness (QED) is 0.176. The number of nitrogens with zero attached hydrogens (tertiary/aromatic N) is 3. The molecule has 3 heterocycles. The van der Waals surface area contributed by atoms with E-state index in [2.05, 4.69) is 114 Å². The zero-order valence-corrected chi connectivity index (χ0v) is 28.2. The highest BCUT2D eigenvalue weighted by atomic mass is 32.1. The van der Waals surface area contributed by atoms with Crippen LogP contribution in [0.2, 0.25) is 0 Å². The van der Waals surface area contributed by atoms with E-state index in [0.29, 0.717) is 18.0 Å². The van der Waals surface area contributed by atoms with E-state index in [0.717, 1.165) is 33.3 Å². The van der Waals surface area contributed by atoms with E-state index in [9.17, 15) is 0 Å². The van der Waals surface area contributed by atoms with Gasteiger partial charge in [0.05, 0.1) is 24.3 Å². The first kappa shape index (κ1) is 26.6.